The topological polar surface area (TPSA) is 89.9 Å². The lowest BCUT2D eigenvalue weighted by Gasteiger charge is -2.09. The zero-order chi connectivity index (χ0) is 24.4. The van der Waals surface area contributed by atoms with Crippen LogP contribution >= 0.6 is 34.8 Å². The zero-order valence-electron chi connectivity index (χ0n) is 18.5. The molecule has 10 heteroatoms. The molecule has 0 spiro atoms. The van der Waals surface area contributed by atoms with E-state index < -0.39 is 0 Å². The number of rotatable bonds is 7. The molecule has 0 aliphatic carbocycles. The fourth-order valence-corrected chi connectivity index (χ4v) is 4.76. The number of carbonyl (C=O) groups excluding carboxylic acids is 1. The summed E-state index contributed by atoms with van der Waals surface area (Å²) in [6, 6.07) is 10.6. The molecule has 0 bridgehead atoms. The Kier molecular flexibility index (Phi) is 7.26. The molecular weight excluding hydrogens is 499 g/mol. The minimum atomic E-state index is -0.299. The Morgan fingerprint density at radius 2 is 1.79 bits per heavy atom. The SMILES string of the molecule is CCOC(=O)Cc1cccc(Cc2nc3c(c(CC)nn3-c3c(Cl)cc(Cl)cc3Cl)c(=O)[nH]2)c1. The molecule has 0 radical (unpaired) electrons. The van der Waals surface area contributed by atoms with E-state index in [9.17, 15) is 9.59 Å². The molecule has 0 unspecified atom stereocenters. The van der Waals surface area contributed by atoms with E-state index >= 15 is 0 Å². The van der Waals surface area contributed by atoms with Crippen LogP contribution in [-0.2, 0) is 28.8 Å². The van der Waals surface area contributed by atoms with E-state index in [-0.39, 0.29) is 17.9 Å². The Morgan fingerprint density at radius 1 is 1.09 bits per heavy atom. The third kappa shape index (κ3) is 4.97. The number of fused-ring (bicyclic) bond motifs is 1. The second kappa shape index (κ2) is 10.2. The highest BCUT2D eigenvalue weighted by Crippen LogP contribution is 2.33. The van der Waals surface area contributed by atoms with Gasteiger partial charge < -0.3 is 9.72 Å². The number of nitrogens with one attached hydrogen (secondary N) is 1. The van der Waals surface area contributed by atoms with Gasteiger partial charge in [-0.25, -0.2) is 9.67 Å². The van der Waals surface area contributed by atoms with Crippen LogP contribution in [0.3, 0.4) is 0 Å². The number of nitrogens with zero attached hydrogens (tertiary/aromatic N) is 3. The number of aromatic amines is 1. The lowest BCUT2D eigenvalue weighted by Crippen LogP contribution is -2.14. The van der Waals surface area contributed by atoms with Gasteiger partial charge in [0.25, 0.3) is 5.56 Å². The molecule has 4 rings (SSSR count). The molecule has 2 aromatic heterocycles. The first kappa shape index (κ1) is 24.3. The molecule has 0 aliphatic heterocycles. The van der Waals surface area contributed by atoms with Crippen molar-refractivity contribution in [1.82, 2.24) is 19.7 Å². The Bertz CT molecular complexity index is 1420. The summed E-state index contributed by atoms with van der Waals surface area (Å²) >= 11 is 18.9. The van der Waals surface area contributed by atoms with Gasteiger partial charge in [0.2, 0.25) is 0 Å². The van der Waals surface area contributed by atoms with Gasteiger partial charge in [-0.2, -0.15) is 5.10 Å². The number of aryl methyl sites for hydroxylation is 1. The van der Waals surface area contributed by atoms with Crippen molar-refractivity contribution in [3.8, 4) is 5.69 Å². The maximum atomic E-state index is 13.0. The van der Waals surface area contributed by atoms with Gasteiger partial charge >= 0.3 is 5.97 Å². The Morgan fingerprint density at radius 3 is 2.47 bits per heavy atom. The quantitative estimate of drug-likeness (QED) is 0.333. The number of esters is 1. The minimum absolute atomic E-state index is 0.171. The fraction of sp³-hybridized carbons (Fsp3) is 0.250. The molecule has 0 saturated heterocycles. The average Bonchev–Trinajstić information content (AvgIpc) is 3.12. The summed E-state index contributed by atoms with van der Waals surface area (Å²) in [5.41, 5.74) is 2.73. The molecule has 4 aromatic rings. The van der Waals surface area contributed by atoms with Crippen molar-refractivity contribution in [2.24, 2.45) is 0 Å². The number of hydrogen-bond acceptors (Lipinski definition) is 5. The third-order valence-electron chi connectivity index (χ3n) is 5.20. The summed E-state index contributed by atoms with van der Waals surface area (Å²) in [5, 5.41) is 5.92. The highest BCUT2D eigenvalue weighted by molar-refractivity contribution is 6.40. The predicted octanol–water partition coefficient (Wildman–Crippen LogP) is 5.33. The first-order valence-corrected chi connectivity index (χ1v) is 11.8. The van der Waals surface area contributed by atoms with Crippen molar-refractivity contribution in [1.29, 1.82) is 0 Å². The van der Waals surface area contributed by atoms with E-state index in [4.69, 9.17) is 44.5 Å². The standard InChI is InChI=1S/C24H21Cl3N4O3/c1-3-18-21-23(31(30-18)22-16(26)11-15(25)12-17(22)27)28-19(29-24(21)33)9-13-6-5-7-14(8-13)10-20(32)34-4-2/h5-8,11-12H,3-4,9-10H2,1-2H3,(H,28,29,33). The van der Waals surface area contributed by atoms with Crippen LogP contribution in [0.25, 0.3) is 16.7 Å². The number of halogens is 3. The summed E-state index contributed by atoms with van der Waals surface area (Å²) in [6.45, 7) is 4.00. The van der Waals surface area contributed by atoms with E-state index in [1.54, 1.807) is 19.1 Å². The van der Waals surface area contributed by atoms with Gasteiger partial charge in [0.05, 0.1) is 28.8 Å². The van der Waals surface area contributed by atoms with E-state index in [1.165, 1.54) is 4.68 Å². The van der Waals surface area contributed by atoms with Gasteiger partial charge in [0.15, 0.2) is 5.65 Å². The van der Waals surface area contributed by atoms with Crippen molar-refractivity contribution >= 4 is 51.8 Å². The molecule has 176 valence electrons. The number of carbonyl (C=O) groups is 1. The molecule has 0 amide bonds. The normalized spacial score (nSPS) is 11.2. The maximum absolute atomic E-state index is 13.0. The first-order chi connectivity index (χ1) is 16.3. The van der Waals surface area contributed by atoms with Gasteiger partial charge in [-0.1, -0.05) is 66.0 Å². The zero-order valence-corrected chi connectivity index (χ0v) is 20.8. The predicted molar refractivity (Wildman–Crippen MR) is 133 cm³/mol. The smallest absolute Gasteiger partial charge is 0.310 e. The minimum Gasteiger partial charge on any atom is -0.466 e. The molecule has 0 aliphatic rings. The molecule has 0 saturated carbocycles. The Hall–Kier alpha value is -2.87. The molecule has 1 N–H and O–H groups in total. The van der Waals surface area contributed by atoms with Gasteiger partial charge in [-0.05, 0) is 36.6 Å². The monoisotopic (exact) mass is 518 g/mol. The van der Waals surface area contributed by atoms with Gasteiger partial charge in [-0.15, -0.1) is 0 Å². The summed E-state index contributed by atoms with van der Waals surface area (Å²) in [5.74, 6) is 0.149. The van der Waals surface area contributed by atoms with Crippen molar-refractivity contribution in [3.05, 3.63) is 84.5 Å². The van der Waals surface area contributed by atoms with Gasteiger partial charge in [0.1, 0.15) is 16.9 Å². The molecule has 7 nitrogen and oxygen atoms in total. The Balaban J connectivity index is 1.78. The van der Waals surface area contributed by atoms with Crippen LogP contribution in [-0.4, -0.2) is 32.3 Å². The van der Waals surface area contributed by atoms with Gasteiger partial charge in [0, 0.05) is 11.4 Å². The number of aromatic nitrogens is 4. The second-order valence-electron chi connectivity index (χ2n) is 7.62. The number of H-pyrrole nitrogens is 1. The molecule has 0 atom stereocenters. The van der Waals surface area contributed by atoms with Crippen molar-refractivity contribution in [2.75, 3.05) is 6.61 Å². The number of hydrogen-bond donors (Lipinski definition) is 1. The van der Waals surface area contributed by atoms with Crippen LogP contribution in [0, 0.1) is 0 Å². The summed E-state index contributed by atoms with van der Waals surface area (Å²) < 4.78 is 6.52. The van der Waals surface area contributed by atoms with Crippen LogP contribution in [0.15, 0.2) is 41.2 Å². The van der Waals surface area contributed by atoms with Crippen LogP contribution in [0.5, 0.6) is 0 Å². The van der Waals surface area contributed by atoms with E-state index in [2.05, 4.69) is 10.1 Å². The molecular formula is C24H21Cl3N4O3. The van der Waals surface area contributed by atoms with Crippen molar-refractivity contribution in [2.45, 2.75) is 33.1 Å². The van der Waals surface area contributed by atoms with Crippen molar-refractivity contribution < 1.29 is 9.53 Å². The third-order valence-corrected chi connectivity index (χ3v) is 6.00. The molecule has 2 heterocycles. The fourth-order valence-electron chi connectivity index (χ4n) is 3.78. The lowest BCUT2D eigenvalue weighted by atomic mass is 10.1. The number of ether oxygens (including phenoxy) is 1. The van der Waals surface area contributed by atoms with E-state index in [0.29, 0.717) is 62.8 Å². The first-order valence-electron chi connectivity index (χ1n) is 10.7. The molecule has 34 heavy (non-hydrogen) atoms. The lowest BCUT2D eigenvalue weighted by molar-refractivity contribution is -0.142. The number of benzene rings is 2. The molecule has 2 aromatic carbocycles. The summed E-state index contributed by atoms with van der Waals surface area (Å²) in [6.07, 6.45) is 1.04. The Labute approximate surface area is 210 Å². The van der Waals surface area contributed by atoms with Crippen LogP contribution in [0.1, 0.15) is 36.5 Å². The maximum Gasteiger partial charge on any atom is 0.310 e. The summed E-state index contributed by atoms with van der Waals surface area (Å²) in [7, 11) is 0. The average molecular weight is 520 g/mol. The van der Waals surface area contributed by atoms with Crippen LogP contribution in [0.4, 0.5) is 0 Å². The summed E-state index contributed by atoms with van der Waals surface area (Å²) in [4.78, 5) is 32.4. The van der Waals surface area contributed by atoms with E-state index in [1.807, 2.05) is 31.2 Å². The van der Waals surface area contributed by atoms with Crippen LogP contribution in [0.2, 0.25) is 15.1 Å². The van der Waals surface area contributed by atoms with Gasteiger partial charge in [-0.3, -0.25) is 9.59 Å². The largest absolute Gasteiger partial charge is 0.466 e. The van der Waals surface area contributed by atoms with Crippen molar-refractivity contribution in [3.63, 3.8) is 0 Å². The molecule has 0 fully saturated rings. The van der Waals surface area contributed by atoms with Crippen LogP contribution < -0.4 is 5.56 Å². The van der Waals surface area contributed by atoms with E-state index in [0.717, 1.165) is 11.1 Å². The highest BCUT2D eigenvalue weighted by atomic mass is 35.5. The second-order valence-corrected chi connectivity index (χ2v) is 8.87. The highest BCUT2D eigenvalue weighted by Gasteiger charge is 2.21.